The van der Waals surface area contributed by atoms with Gasteiger partial charge in [-0.05, 0) is 31.2 Å². The number of nitrogens with zero attached hydrogens (tertiary/aromatic N) is 2. The molecule has 6 nitrogen and oxygen atoms in total. The fourth-order valence-corrected chi connectivity index (χ4v) is 4.20. The van der Waals surface area contributed by atoms with E-state index in [0.717, 1.165) is 17.7 Å². The number of benzene rings is 2. The van der Waals surface area contributed by atoms with Crippen LogP contribution < -0.4 is 11.0 Å². The first kappa shape index (κ1) is 22.1. The standard InChI is InChI=1S/C25H20F3N3O3/c1-14-2-7-21-18(10-14)22(32)16(13-34-21)11-31-9-8-20-19(12-31)24(33)30-23(29-20)15-3-5-17(6-4-15)25(26,27)28/h2-7,10,13H,8-9,11-12H2,1H3,(H,29,30,33). The molecule has 0 amide bonds. The Balaban J connectivity index is 1.39. The lowest BCUT2D eigenvalue weighted by Gasteiger charge is -2.27. The molecule has 0 atom stereocenters. The molecule has 5 rings (SSSR count). The number of aromatic amines is 1. The minimum absolute atomic E-state index is 0.0968. The molecule has 1 aliphatic heterocycles. The summed E-state index contributed by atoms with van der Waals surface area (Å²) in [6.07, 6.45) is -2.49. The van der Waals surface area contributed by atoms with Crippen LogP contribution in [0, 0.1) is 6.92 Å². The zero-order valence-corrected chi connectivity index (χ0v) is 18.2. The Morgan fingerprint density at radius 1 is 1.12 bits per heavy atom. The van der Waals surface area contributed by atoms with E-state index in [2.05, 4.69) is 9.97 Å². The smallest absolute Gasteiger partial charge is 0.416 e. The summed E-state index contributed by atoms with van der Waals surface area (Å²) in [6, 6.07) is 9.97. The van der Waals surface area contributed by atoms with Crippen molar-refractivity contribution in [3.63, 3.8) is 0 Å². The number of aryl methyl sites for hydroxylation is 1. The Labute approximate surface area is 191 Å². The zero-order valence-electron chi connectivity index (χ0n) is 18.2. The lowest BCUT2D eigenvalue weighted by Crippen LogP contribution is -2.36. The van der Waals surface area contributed by atoms with E-state index in [1.165, 1.54) is 18.4 Å². The van der Waals surface area contributed by atoms with Crippen LogP contribution in [-0.4, -0.2) is 21.4 Å². The van der Waals surface area contributed by atoms with Crippen LogP contribution in [0.25, 0.3) is 22.4 Å². The normalized spacial score (nSPS) is 14.4. The van der Waals surface area contributed by atoms with Gasteiger partial charge in [-0.1, -0.05) is 23.8 Å². The van der Waals surface area contributed by atoms with Crippen molar-refractivity contribution >= 4 is 11.0 Å². The monoisotopic (exact) mass is 467 g/mol. The van der Waals surface area contributed by atoms with Gasteiger partial charge in [0.05, 0.1) is 28.5 Å². The molecule has 0 fully saturated rings. The van der Waals surface area contributed by atoms with Gasteiger partial charge in [0.1, 0.15) is 11.4 Å². The molecule has 174 valence electrons. The molecule has 34 heavy (non-hydrogen) atoms. The molecule has 0 radical (unpaired) electrons. The second-order valence-electron chi connectivity index (χ2n) is 8.47. The molecule has 0 saturated heterocycles. The highest BCUT2D eigenvalue weighted by Gasteiger charge is 2.30. The molecule has 0 aliphatic carbocycles. The van der Waals surface area contributed by atoms with E-state index in [-0.39, 0.29) is 16.8 Å². The van der Waals surface area contributed by atoms with Gasteiger partial charge in [-0.15, -0.1) is 0 Å². The SMILES string of the molecule is Cc1ccc2occ(CN3CCc4nc(-c5ccc(C(F)(F)F)cc5)[nH]c(=O)c4C3)c(=O)c2c1. The molecule has 0 unspecified atom stereocenters. The summed E-state index contributed by atoms with van der Waals surface area (Å²) < 4.78 is 44.1. The van der Waals surface area contributed by atoms with Crippen molar-refractivity contribution in [1.82, 2.24) is 14.9 Å². The van der Waals surface area contributed by atoms with E-state index < -0.39 is 11.7 Å². The third-order valence-corrected chi connectivity index (χ3v) is 6.03. The second-order valence-corrected chi connectivity index (χ2v) is 8.47. The molecule has 0 spiro atoms. The predicted octanol–water partition coefficient (Wildman–Crippen LogP) is 4.43. The molecular formula is C25H20F3N3O3. The van der Waals surface area contributed by atoms with Gasteiger partial charge in [-0.3, -0.25) is 14.5 Å². The summed E-state index contributed by atoms with van der Waals surface area (Å²) in [7, 11) is 0. The van der Waals surface area contributed by atoms with Crippen LogP contribution in [0.1, 0.15) is 27.9 Å². The van der Waals surface area contributed by atoms with Crippen molar-refractivity contribution in [3.05, 3.63) is 97.3 Å². The number of hydrogen-bond acceptors (Lipinski definition) is 5. The van der Waals surface area contributed by atoms with Gasteiger partial charge in [0.25, 0.3) is 5.56 Å². The Morgan fingerprint density at radius 3 is 2.62 bits per heavy atom. The van der Waals surface area contributed by atoms with Gasteiger partial charge in [-0.2, -0.15) is 13.2 Å². The van der Waals surface area contributed by atoms with E-state index in [0.29, 0.717) is 59.4 Å². The van der Waals surface area contributed by atoms with Gasteiger partial charge < -0.3 is 9.40 Å². The van der Waals surface area contributed by atoms with E-state index in [1.54, 1.807) is 12.1 Å². The lowest BCUT2D eigenvalue weighted by molar-refractivity contribution is -0.137. The molecule has 0 saturated carbocycles. The summed E-state index contributed by atoms with van der Waals surface area (Å²) in [6.45, 7) is 3.11. The number of H-pyrrole nitrogens is 1. The van der Waals surface area contributed by atoms with Gasteiger partial charge in [0.15, 0.2) is 5.43 Å². The molecule has 0 bridgehead atoms. The number of fused-ring (bicyclic) bond motifs is 2. The predicted molar refractivity (Wildman–Crippen MR) is 120 cm³/mol. The largest absolute Gasteiger partial charge is 0.464 e. The Morgan fingerprint density at radius 2 is 1.88 bits per heavy atom. The number of aromatic nitrogens is 2. The van der Waals surface area contributed by atoms with Gasteiger partial charge in [0, 0.05) is 37.2 Å². The van der Waals surface area contributed by atoms with E-state index in [9.17, 15) is 22.8 Å². The Kier molecular flexibility index (Phi) is 5.36. The lowest BCUT2D eigenvalue weighted by atomic mass is 10.0. The van der Waals surface area contributed by atoms with Crippen molar-refractivity contribution in [2.24, 2.45) is 0 Å². The minimum atomic E-state index is -4.43. The van der Waals surface area contributed by atoms with Crippen molar-refractivity contribution in [3.8, 4) is 11.4 Å². The fraction of sp³-hybridized carbons (Fsp3) is 0.240. The average molecular weight is 467 g/mol. The first-order valence-corrected chi connectivity index (χ1v) is 10.7. The molecule has 1 aliphatic rings. The molecule has 3 heterocycles. The van der Waals surface area contributed by atoms with Gasteiger partial charge in [0.2, 0.25) is 0 Å². The molecule has 2 aromatic heterocycles. The highest BCUT2D eigenvalue weighted by molar-refractivity contribution is 5.77. The molecular weight excluding hydrogens is 447 g/mol. The minimum Gasteiger partial charge on any atom is -0.464 e. The zero-order chi connectivity index (χ0) is 24.0. The molecule has 4 aromatic rings. The van der Waals surface area contributed by atoms with Crippen molar-refractivity contribution < 1.29 is 17.6 Å². The Hall–Kier alpha value is -3.72. The average Bonchev–Trinajstić information content (AvgIpc) is 2.81. The number of halogens is 3. The van der Waals surface area contributed by atoms with Crippen LogP contribution in [-0.2, 0) is 25.7 Å². The quantitative estimate of drug-likeness (QED) is 0.482. The number of hydrogen-bond donors (Lipinski definition) is 1. The fourth-order valence-electron chi connectivity index (χ4n) is 4.20. The van der Waals surface area contributed by atoms with Gasteiger partial charge in [-0.25, -0.2) is 4.98 Å². The Bertz CT molecular complexity index is 1500. The summed E-state index contributed by atoms with van der Waals surface area (Å²) in [5, 5.41) is 0.524. The van der Waals surface area contributed by atoms with Crippen molar-refractivity contribution in [2.75, 3.05) is 6.54 Å². The van der Waals surface area contributed by atoms with Crippen LogP contribution in [0.5, 0.6) is 0 Å². The van der Waals surface area contributed by atoms with Crippen LogP contribution in [0.4, 0.5) is 13.2 Å². The number of rotatable bonds is 3. The maximum Gasteiger partial charge on any atom is 0.416 e. The maximum atomic E-state index is 12.9. The number of alkyl halides is 3. The van der Waals surface area contributed by atoms with E-state index >= 15 is 0 Å². The maximum absolute atomic E-state index is 12.9. The molecule has 1 N–H and O–H groups in total. The van der Waals surface area contributed by atoms with E-state index in [1.807, 2.05) is 17.9 Å². The third-order valence-electron chi connectivity index (χ3n) is 6.03. The summed E-state index contributed by atoms with van der Waals surface area (Å²) in [5.41, 5.74) is 2.29. The van der Waals surface area contributed by atoms with Gasteiger partial charge >= 0.3 is 6.18 Å². The van der Waals surface area contributed by atoms with Crippen molar-refractivity contribution in [2.45, 2.75) is 32.6 Å². The second kappa shape index (κ2) is 8.25. The summed E-state index contributed by atoms with van der Waals surface area (Å²) in [4.78, 5) is 34.9. The van der Waals surface area contributed by atoms with Crippen molar-refractivity contribution in [1.29, 1.82) is 0 Å². The summed E-state index contributed by atoms with van der Waals surface area (Å²) >= 11 is 0. The van der Waals surface area contributed by atoms with Crippen LogP contribution in [0.3, 0.4) is 0 Å². The van der Waals surface area contributed by atoms with Crippen LogP contribution in [0.2, 0.25) is 0 Å². The number of nitrogens with one attached hydrogen (secondary N) is 1. The highest BCUT2D eigenvalue weighted by atomic mass is 19.4. The van der Waals surface area contributed by atoms with Crippen LogP contribution >= 0.6 is 0 Å². The van der Waals surface area contributed by atoms with E-state index in [4.69, 9.17) is 4.42 Å². The molecule has 2 aromatic carbocycles. The first-order valence-electron chi connectivity index (χ1n) is 10.7. The summed E-state index contributed by atoms with van der Waals surface area (Å²) in [5.74, 6) is 0.233. The van der Waals surface area contributed by atoms with Crippen LogP contribution in [0.15, 0.2) is 62.7 Å². The topological polar surface area (TPSA) is 79.2 Å². The first-order chi connectivity index (χ1) is 16.2. The highest BCUT2D eigenvalue weighted by Crippen LogP contribution is 2.30. The third kappa shape index (κ3) is 4.14. The molecule has 9 heteroatoms.